The van der Waals surface area contributed by atoms with E-state index in [1.54, 1.807) is 6.07 Å². The molecule has 0 radical (unpaired) electrons. The Balaban J connectivity index is 2.57. The third-order valence-corrected chi connectivity index (χ3v) is 2.51. The lowest BCUT2D eigenvalue weighted by Gasteiger charge is -2.14. The van der Waals surface area contributed by atoms with E-state index in [4.69, 9.17) is 0 Å². The zero-order chi connectivity index (χ0) is 10.4. The van der Waals surface area contributed by atoms with E-state index in [0.29, 0.717) is 11.7 Å². The van der Waals surface area contributed by atoms with Crippen LogP contribution in [-0.2, 0) is 6.42 Å². The number of nitrogens with one attached hydrogen (secondary N) is 1. The Morgan fingerprint density at radius 2 is 2.21 bits per heavy atom. The largest absolute Gasteiger partial charge is 0.508 e. The molecule has 0 aliphatic rings. The molecule has 0 aromatic heterocycles. The van der Waals surface area contributed by atoms with Gasteiger partial charge in [0.1, 0.15) is 5.75 Å². The minimum atomic E-state index is 0.363. The number of rotatable bonds is 5. The highest BCUT2D eigenvalue weighted by Crippen LogP contribution is 2.16. The van der Waals surface area contributed by atoms with Crippen molar-refractivity contribution in [2.75, 3.05) is 13.6 Å². The van der Waals surface area contributed by atoms with Crippen LogP contribution in [0.25, 0.3) is 0 Å². The molecule has 2 nitrogen and oxygen atoms in total. The van der Waals surface area contributed by atoms with Gasteiger partial charge in [0, 0.05) is 0 Å². The Labute approximate surface area is 86.0 Å². The highest BCUT2D eigenvalue weighted by Gasteiger charge is 2.06. The van der Waals surface area contributed by atoms with E-state index < -0.39 is 0 Å². The second kappa shape index (κ2) is 5.66. The van der Waals surface area contributed by atoms with Gasteiger partial charge in [0.2, 0.25) is 0 Å². The zero-order valence-corrected chi connectivity index (χ0v) is 8.96. The summed E-state index contributed by atoms with van der Waals surface area (Å²) in [6, 6.07) is 7.52. The molecule has 2 heteroatoms. The van der Waals surface area contributed by atoms with E-state index in [1.807, 2.05) is 19.2 Å². The Hall–Kier alpha value is -1.02. The van der Waals surface area contributed by atoms with Crippen molar-refractivity contribution in [3.63, 3.8) is 0 Å². The first kappa shape index (κ1) is 11.1. The Morgan fingerprint density at radius 3 is 2.79 bits per heavy atom. The molecule has 14 heavy (non-hydrogen) atoms. The quantitative estimate of drug-likeness (QED) is 0.751. The Morgan fingerprint density at radius 1 is 1.43 bits per heavy atom. The standard InChI is InChI=1S/C12H19NO/c1-3-10(9-13-2)7-11-5-4-6-12(14)8-11/h4-6,8,10,13-14H,3,7,9H2,1-2H3. The molecule has 0 aliphatic carbocycles. The predicted molar refractivity (Wildman–Crippen MR) is 59.5 cm³/mol. The van der Waals surface area contributed by atoms with Crippen molar-refractivity contribution in [3.05, 3.63) is 29.8 Å². The molecule has 1 aromatic rings. The molecule has 0 saturated heterocycles. The summed E-state index contributed by atoms with van der Waals surface area (Å²) in [6.07, 6.45) is 2.20. The van der Waals surface area contributed by atoms with E-state index >= 15 is 0 Å². The normalized spacial score (nSPS) is 12.7. The molecule has 78 valence electrons. The van der Waals surface area contributed by atoms with Crippen LogP contribution in [-0.4, -0.2) is 18.7 Å². The van der Waals surface area contributed by atoms with Crippen LogP contribution >= 0.6 is 0 Å². The summed E-state index contributed by atoms with van der Waals surface area (Å²) < 4.78 is 0. The number of aromatic hydroxyl groups is 1. The zero-order valence-electron chi connectivity index (χ0n) is 8.96. The maximum absolute atomic E-state index is 9.31. The third-order valence-electron chi connectivity index (χ3n) is 2.51. The van der Waals surface area contributed by atoms with Gasteiger partial charge in [0.05, 0.1) is 0 Å². The van der Waals surface area contributed by atoms with Crippen molar-refractivity contribution >= 4 is 0 Å². The van der Waals surface area contributed by atoms with Crippen molar-refractivity contribution in [2.24, 2.45) is 5.92 Å². The van der Waals surface area contributed by atoms with Gasteiger partial charge in [-0.25, -0.2) is 0 Å². The summed E-state index contributed by atoms with van der Waals surface area (Å²) in [5, 5.41) is 12.5. The molecule has 1 atom stereocenters. The van der Waals surface area contributed by atoms with Crippen LogP contribution in [0.5, 0.6) is 5.75 Å². The van der Waals surface area contributed by atoms with Gasteiger partial charge in [-0.15, -0.1) is 0 Å². The lowest BCUT2D eigenvalue weighted by molar-refractivity contribution is 0.466. The van der Waals surface area contributed by atoms with Gasteiger partial charge in [-0.05, 0) is 43.6 Å². The SMILES string of the molecule is CCC(CNC)Cc1cccc(O)c1. The van der Waals surface area contributed by atoms with Crippen LogP contribution < -0.4 is 5.32 Å². The number of phenolic OH excluding ortho intramolecular Hbond substituents is 1. The lowest BCUT2D eigenvalue weighted by Crippen LogP contribution is -2.20. The summed E-state index contributed by atoms with van der Waals surface area (Å²) in [6.45, 7) is 3.23. The van der Waals surface area contributed by atoms with Crippen molar-refractivity contribution in [3.8, 4) is 5.75 Å². The second-order valence-corrected chi connectivity index (χ2v) is 3.71. The van der Waals surface area contributed by atoms with E-state index in [-0.39, 0.29) is 0 Å². The van der Waals surface area contributed by atoms with Crippen LogP contribution in [0.15, 0.2) is 24.3 Å². The maximum Gasteiger partial charge on any atom is 0.115 e. The van der Waals surface area contributed by atoms with Crippen LogP contribution in [0.3, 0.4) is 0 Å². The molecule has 0 saturated carbocycles. The first-order valence-corrected chi connectivity index (χ1v) is 5.18. The molecule has 0 spiro atoms. The topological polar surface area (TPSA) is 32.3 Å². The molecule has 0 amide bonds. The summed E-state index contributed by atoms with van der Waals surface area (Å²) in [5.41, 5.74) is 1.21. The predicted octanol–water partition coefficient (Wildman–Crippen LogP) is 2.18. The Kier molecular flexibility index (Phi) is 4.47. The molecule has 0 fully saturated rings. The van der Waals surface area contributed by atoms with Gasteiger partial charge in [-0.3, -0.25) is 0 Å². The average molecular weight is 193 g/mol. The molecule has 1 aromatic carbocycles. The molecule has 0 bridgehead atoms. The van der Waals surface area contributed by atoms with Gasteiger partial charge in [-0.2, -0.15) is 0 Å². The molecular formula is C12H19NO. The van der Waals surface area contributed by atoms with E-state index in [1.165, 1.54) is 5.56 Å². The summed E-state index contributed by atoms with van der Waals surface area (Å²) in [7, 11) is 1.98. The molecular weight excluding hydrogens is 174 g/mol. The maximum atomic E-state index is 9.31. The van der Waals surface area contributed by atoms with Crippen LogP contribution in [0, 0.1) is 5.92 Å². The van der Waals surface area contributed by atoms with Crippen LogP contribution in [0.1, 0.15) is 18.9 Å². The fourth-order valence-electron chi connectivity index (χ4n) is 1.67. The molecule has 0 heterocycles. The lowest BCUT2D eigenvalue weighted by atomic mass is 9.97. The highest BCUT2D eigenvalue weighted by molar-refractivity contribution is 5.27. The van der Waals surface area contributed by atoms with Crippen LogP contribution in [0.4, 0.5) is 0 Å². The summed E-state index contributed by atoms with van der Waals surface area (Å²) in [4.78, 5) is 0. The number of hydrogen-bond donors (Lipinski definition) is 2. The molecule has 0 aliphatic heterocycles. The molecule has 2 N–H and O–H groups in total. The van der Waals surface area contributed by atoms with Gasteiger partial charge in [0.15, 0.2) is 0 Å². The third kappa shape index (κ3) is 3.38. The Bertz CT molecular complexity index is 273. The average Bonchev–Trinajstić information content (AvgIpc) is 2.17. The fraction of sp³-hybridized carbons (Fsp3) is 0.500. The van der Waals surface area contributed by atoms with E-state index in [0.717, 1.165) is 19.4 Å². The summed E-state index contributed by atoms with van der Waals surface area (Å²) in [5.74, 6) is 1.02. The van der Waals surface area contributed by atoms with Gasteiger partial charge < -0.3 is 10.4 Å². The highest BCUT2D eigenvalue weighted by atomic mass is 16.3. The monoisotopic (exact) mass is 193 g/mol. The van der Waals surface area contributed by atoms with Gasteiger partial charge in [0.25, 0.3) is 0 Å². The van der Waals surface area contributed by atoms with E-state index in [9.17, 15) is 5.11 Å². The minimum absolute atomic E-state index is 0.363. The first-order valence-electron chi connectivity index (χ1n) is 5.18. The summed E-state index contributed by atoms with van der Waals surface area (Å²) >= 11 is 0. The minimum Gasteiger partial charge on any atom is -0.508 e. The first-order chi connectivity index (χ1) is 6.76. The number of phenols is 1. The smallest absolute Gasteiger partial charge is 0.115 e. The van der Waals surface area contributed by atoms with Gasteiger partial charge >= 0.3 is 0 Å². The van der Waals surface area contributed by atoms with Crippen molar-refractivity contribution in [1.82, 2.24) is 5.32 Å². The van der Waals surface area contributed by atoms with Crippen molar-refractivity contribution < 1.29 is 5.11 Å². The van der Waals surface area contributed by atoms with Gasteiger partial charge in [-0.1, -0.05) is 25.5 Å². The molecule has 1 rings (SSSR count). The van der Waals surface area contributed by atoms with Crippen molar-refractivity contribution in [2.45, 2.75) is 19.8 Å². The number of benzene rings is 1. The fourth-order valence-corrected chi connectivity index (χ4v) is 1.67. The molecule has 1 unspecified atom stereocenters. The van der Waals surface area contributed by atoms with E-state index in [2.05, 4.69) is 18.3 Å². The second-order valence-electron chi connectivity index (χ2n) is 3.71. The van der Waals surface area contributed by atoms with Crippen LogP contribution in [0.2, 0.25) is 0 Å². The van der Waals surface area contributed by atoms with Crippen molar-refractivity contribution in [1.29, 1.82) is 0 Å². The number of hydrogen-bond acceptors (Lipinski definition) is 2.